The normalized spacial score (nSPS) is 13.6. The van der Waals surface area contributed by atoms with Crippen molar-refractivity contribution in [3.8, 4) is 0 Å². The lowest BCUT2D eigenvalue weighted by atomic mass is 10.1. The Morgan fingerprint density at radius 2 is 1.89 bits per heavy atom. The maximum Gasteiger partial charge on any atom is 0.238 e. The van der Waals surface area contributed by atoms with Gasteiger partial charge in [0.15, 0.2) is 5.13 Å². The number of nitrogens with zero attached hydrogens (tertiary/aromatic N) is 2. The van der Waals surface area contributed by atoms with Crippen LogP contribution in [0.15, 0.2) is 18.2 Å². The number of anilines is 2. The van der Waals surface area contributed by atoms with Gasteiger partial charge in [-0.2, -0.15) is 0 Å². The number of benzene rings is 1. The van der Waals surface area contributed by atoms with Crippen LogP contribution in [-0.2, 0) is 9.59 Å². The molecule has 7 heteroatoms. The van der Waals surface area contributed by atoms with Crippen molar-refractivity contribution in [2.75, 3.05) is 23.7 Å². The summed E-state index contributed by atoms with van der Waals surface area (Å²) >= 11 is 1.49. The van der Waals surface area contributed by atoms with Crippen molar-refractivity contribution < 1.29 is 9.59 Å². The zero-order valence-corrected chi connectivity index (χ0v) is 17.8. The highest BCUT2D eigenvalue weighted by Gasteiger charge is 2.30. The molecule has 1 aliphatic carbocycles. The molecule has 0 radical (unpaired) electrons. The van der Waals surface area contributed by atoms with Gasteiger partial charge in [0.2, 0.25) is 11.8 Å². The molecule has 2 aromatic rings. The average molecular weight is 401 g/mol. The highest BCUT2D eigenvalue weighted by atomic mass is 32.1. The van der Waals surface area contributed by atoms with Crippen molar-refractivity contribution in [3.05, 3.63) is 39.9 Å². The van der Waals surface area contributed by atoms with Gasteiger partial charge in [0.1, 0.15) is 0 Å². The fourth-order valence-electron chi connectivity index (χ4n) is 3.03. The van der Waals surface area contributed by atoms with Crippen LogP contribution in [0.25, 0.3) is 0 Å². The third kappa shape index (κ3) is 5.62. The predicted molar refractivity (Wildman–Crippen MR) is 114 cm³/mol. The van der Waals surface area contributed by atoms with Crippen molar-refractivity contribution in [2.45, 2.75) is 53.0 Å². The smallest absolute Gasteiger partial charge is 0.238 e. The molecular weight excluding hydrogens is 372 g/mol. The number of hydrogen-bond donors (Lipinski definition) is 2. The Labute approximate surface area is 170 Å². The minimum absolute atomic E-state index is 0.0350. The third-order valence-corrected chi connectivity index (χ3v) is 5.97. The second-order valence-corrected chi connectivity index (χ2v) is 8.73. The Morgan fingerprint density at radius 1 is 1.14 bits per heavy atom. The quantitative estimate of drug-likeness (QED) is 0.707. The SMILES string of the molecule is Cc1ccc(C)c(NC(=O)CN(CCC(=O)Nc2nc(C)c(C)s2)C2CC2)c1. The fourth-order valence-corrected chi connectivity index (χ4v) is 3.86. The van der Waals surface area contributed by atoms with Crippen LogP contribution in [0.4, 0.5) is 10.8 Å². The van der Waals surface area contributed by atoms with E-state index in [9.17, 15) is 9.59 Å². The molecule has 1 fully saturated rings. The molecule has 1 heterocycles. The summed E-state index contributed by atoms with van der Waals surface area (Å²) in [5.41, 5.74) is 3.96. The number of thiazole rings is 1. The Morgan fingerprint density at radius 3 is 2.54 bits per heavy atom. The van der Waals surface area contributed by atoms with Gasteiger partial charge < -0.3 is 10.6 Å². The highest BCUT2D eigenvalue weighted by molar-refractivity contribution is 7.15. The van der Waals surface area contributed by atoms with Gasteiger partial charge in [0.05, 0.1) is 12.2 Å². The minimum atomic E-state index is -0.0608. The lowest BCUT2D eigenvalue weighted by Crippen LogP contribution is -2.37. The molecule has 1 aliphatic rings. The Balaban J connectivity index is 1.51. The first-order valence-corrected chi connectivity index (χ1v) is 10.5. The van der Waals surface area contributed by atoms with E-state index in [-0.39, 0.29) is 11.8 Å². The molecule has 28 heavy (non-hydrogen) atoms. The maximum atomic E-state index is 12.5. The topological polar surface area (TPSA) is 74.3 Å². The van der Waals surface area contributed by atoms with Crippen LogP contribution in [0.5, 0.6) is 0 Å². The van der Waals surface area contributed by atoms with E-state index >= 15 is 0 Å². The molecule has 6 nitrogen and oxygen atoms in total. The van der Waals surface area contributed by atoms with Gasteiger partial charge in [-0.1, -0.05) is 12.1 Å². The lowest BCUT2D eigenvalue weighted by molar-refractivity contribution is -0.119. The molecule has 150 valence electrons. The van der Waals surface area contributed by atoms with Crippen molar-refractivity contribution in [1.29, 1.82) is 0 Å². The van der Waals surface area contributed by atoms with E-state index in [0.29, 0.717) is 30.7 Å². The molecule has 0 saturated heterocycles. The molecule has 3 rings (SSSR count). The molecule has 1 aromatic carbocycles. The van der Waals surface area contributed by atoms with Crippen molar-refractivity contribution >= 4 is 34.0 Å². The van der Waals surface area contributed by atoms with Gasteiger partial charge in [0.25, 0.3) is 0 Å². The summed E-state index contributed by atoms with van der Waals surface area (Å²) in [6, 6.07) is 6.43. The van der Waals surface area contributed by atoms with E-state index in [0.717, 1.165) is 40.2 Å². The molecule has 2 amide bonds. The second-order valence-electron chi connectivity index (χ2n) is 7.53. The minimum Gasteiger partial charge on any atom is -0.325 e. The van der Waals surface area contributed by atoms with E-state index in [4.69, 9.17) is 0 Å². The summed E-state index contributed by atoms with van der Waals surface area (Å²) in [5, 5.41) is 6.52. The average Bonchev–Trinajstić information content (AvgIpc) is 3.41. The Hall–Kier alpha value is -2.25. The molecule has 2 N–H and O–H groups in total. The number of aryl methyl sites for hydroxylation is 4. The Kier molecular flexibility index (Phi) is 6.46. The van der Waals surface area contributed by atoms with Crippen LogP contribution < -0.4 is 10.6 Å². The summed E-state index contributed by atoms with van der Waals surface area (Å²) in [5.74, 6) is -0.0958. The number of hydrogen-bond acceptors (Lipinski definition) is 5. The first-order valence-electron chi connectivity index (χ1n) is 9.67. The van der Waals surface area contributed by atoms with E-state index in [1.54, 1.807) is 0 Å². The van der Waals surface area contributed by atoms with Crippen LogP contribution >= 0.6 is 11.3 Å². The summed E-state index contributed by atoms with van der Waals surface area (Å²) in [7, 11) is 0. The molecule has 0 bridgehead atoms. The summed E-state index contributed by atoms with van der Waals surface area (Å²) in [6.45, 7) is 8.80. The number of carbonyl (C=O) groups is 2. The van der Waals surface area contributed by atoms with E-state index in [1.807, 2.05) is 45.9 Å². The van der Waals surface area contributed by atoms with Gasteiger partial charge in [-0.25, -0.2) is 4.98 Å². The molecule has 0 aliphatic heterocycles. The number of aromatic nitrogens is 1. The van der Waals surface area contributed by atoms with Crippen LogP contribution in [0.3, 0.4) is 0 Å². The summed E-state index contributed by atoms with van der Waals surface area (Å²) < 4.78 is 0. The molecule has 0 spiro atoms. The largest absolute Gasteiger partial charge is 0.325 e. The van der Waals surface area contributed by atoms with Gasteiger partial charge in [0, 0.05) is 29.6 Å². The predicted octanol–water partition coefficient (Wildman–Crippen LogP) is 3.81. The van der Waals surface area contributed by atoms with Gasteiger partial charge in [-0.15, -0.1) is 11.3 Å². The number of amides is 2. The molecule has 0 atom stereocenters. The van der Waals surface area contributed by atoms with E-state index in [1.165, 1.54) is 11.3 Å². The zero-order chi connectivity index (χ0) is 20.3. The molecule has 1 aromatic heterocycles. The lowest BCUT2D eigenvalue weighted by Gasteiger charge is -2.21. The van der Waals surface area contributed by atoms with Crippen molar-refractivity contribution in [1.82, 2.24) is 9.88 Å². The molecular formula is C21H28N4O2S. The van der Waals surface area contributed by atoms with Gasteiger partial charge in [-0.05, 0) is 57.7 Å². The Bertz CT molecular complexity index is 854. The summed E-state index contributed by atoms with van der Waals surface area (Å²) in [4.78, 5) is 32.4. The number of rotatable bonds is 8. The van der Waals surface area contributed by atoms with Gasteiger partial charge >= 0.3 is 0 Å². The highest BCUT2D eigenvalue weighted by Crippen LogP contribution is 2.27. The van der Waals surface area contributed by atoms with Crippen molar-refractivity contribution in [3.63, 3.8) is 0 Å². The van der Waals surface area contributed by atoms with E-state index in [2.05, 4.69) is 20.5 Å². The summed E-state index contributed by atoms with van der Waals surface area (Å²) in [6.07, 6.45) is 2.53. The first kappa shape index (κ1) is 20.5. The maximum absolute atomic E-state index is 12.5. The van der Waals surface area contributed by atoms with Crippen LogP contribution in [0.2, 0.25) is 0 Å². The molecule has 1 saturated carbocycles. The monoisotopic (exact) mass is 400 g/mol. The van der Waals surface area contributed by atoms with Crippen LogP contribution in [0.1, 0.15) is 41.0 Å². The van der Waals surface area contributed by atoms with Crippen LogP contribution in [0, 0.1) is 27.7 Å². The number of nitrogens with one attached hydrogen (secondary N) is 2. The zero-order valence-electron chi connectivity index (χ0n) is 17.0. The van der Waals surface area contributed by atoms with E-state index < -0.39 is 0 Å². The second kappa shape index (κ2) is 8.84. The molecule has 0 unspecified atom stereocenters. The fraction of sp³-hybridized carbons (Fsp3) is 0.476. The number of carbonyl (C=O) groups excluding carboxylic acids is 2. The standard InChI is InChI=1S/C21H28N4O2S/c1-13-5-6-14(2)18(11-13)23-20(27)12-25(17-7-8-17)10-9-19(26)24-21-22-15(3)16(4)28-21/h5-6,11,17H,7-10,12H2,1-4H3,(H,23,27)(H,22,24,26). The first-order chi connectivity index (χ1) is 13.3. The third-order valence-electron chi connectivity index (χ3n) is 4.98. The van der Waals surface area contributed by atoms with Crippen LogP contribution in [-0.4, -0.2) is 40.8 Å². The van der Waals surface area contributed by atoms with Crippen molar-refractivity contribution in [2.24, 2.45) is 0 Å². The van der Waals surface area contributed by atoms with Gasteiger partial charge in [-0.3, -0.25) is 14.5 Å².